The monoisotopic (exact) mass is 421 g/mol. The van der Waals surface area contributed by atoms with Crippen LogP contribution in [-0.4, -0.2) is 16.9 Å². The first-order valence-corrected chi connectivity index (χ1v) is 10.3. The van der Waals surface area contributed by atoms with E-state index in [-0.39, 0.29) is 17.4 Å². The van der Waals surface area contributed by atoms with Crippen molar-refractivity contribution < 1.29 is 9.59 Å². The Hall–Kier alpha value is -1.96. The van der Waals surface area contributed by atoms with Gasteiger partial charge in [-0.15, -0.1) is 11.3 Å². The molecule has 0 radical (unpaired) electrons. The van der Waals surface area contributed by atoms with E-state index in [0.29, 0.717) is 22.0 Å². The Labute approximate surface area is 172 Å². The molecule has 1 aromatic carbocycles. The van der Waals surface area contributed by atoms with Gasteiger partial charge < -0.3 is 16.4 Å². The quantitative estimate of drug-likeness (QED) is 0.640. The van der Waals surface area contributed by atoms with Gasteiger partial charge in [0, 0.05) is 16.3 Å². The molecule has 5 nitrogen and oxygen atoms in total. The summed E-state index contributed by atoms with van der Waals surface area (Å²) in [6.07, 6.45) is 4.73. The van der Waals surface area contributed by atoms with Crippen molar-refractivity contribution in [3.63, 3.8) is 0 Å². The summed E-state index contributed by atoms with van der Waals surface area (Å²) in [5.74, 6) is -0.681. The fraction of sp³-hybridized carbons (Fsp3) is 0.316. The molecule has 142 valence electrons. The van der Waals surface area contributed by atoms with Crippen molar-refractivity contribution in [1.82, 2.24) is 5.32 Å². The molecule has 3 rings (SSSR count). The molecule has 1 aromatic heterocycles. The maximum atomic E-state index is 12.2. The third-order valence-electron chi connectivity index (χ3n) is 4.48. The van der Waals surface area contributed by atoms with Crippen LogP contribution in [0.2, 0.25) is 5.02 Å². The van der Waals surface area contributed by atoms with E-state index < -0.39 is 5.91 Å². The van der Waals surface area contributed by atoms with Gasteiger partial charge in [0.1, 0.15) is 5.00 Å². The number of nitrogens with one attached hydrogen (secondary N) is 2. The van der Waals surface area contributed by atoms with E-state index in [1.54, 1.807) is 6.07 Å². The SMILES string of the molecule is NC(=O)c1c(NC(=S)NC(=O)CCc2ccccc2Cl)sc2c1CCCC2. The molecule has 2 amide bonds. The lowest BCUT2D eigenvalue weighted by atomic mass is 9.95. The smallest absolute Gasteiger partial charge is 0.251 e. The lowest BCUT2D eigenvalue weighted by molar-refractivity contribution is -0.119. The summed E-state index contributed by atoms with van der Waals surface area (Å²) in [5.41, 5.74) is 8.01. The second-order valence-corrected chi connectivity index (χ2v) is 8.29. The second kappa shape index (κ2) is 8.82. The van der Waals surface area contributed by atoms with E-state index >= 15 is 0 Å². The fourth-order valence-electron chi connectivity index (χ4n) is 3.19. The van der Waals surface area contributed by atoms with Crippen molar-refractivity contribution in [2.24, 2.45) is 5.73 Å². The van der Waals surface area contributed by atoms with Gasteiger partial charge in [0.2, 0.25) is 5.91 Å². The maximum Gasteiger partial charge on any atom is 0.251 e. The van der Waals surface area contributed by atoms with Gasteiger partial charge in [-0.3, -0.25) is 9.59 Å². The Morgan fingerprint density at radius 2 is 1.96 bits per heavy atom. The summed E-state index contributed by atoms with van der Waals surface area (Å²) < 4.78 is 0. The van der Waals surface area contributed by atoms with E-state index in [4.69, 9.17) is 29.6 Å². The summed E-state index contributed by atoms with van der Waals surface area (Å²) in [7, 11) is 0. The number of fused-ring (bicyclic) bond motifs is 1. The largest absolute Gasteiger partial charge is 0.365 e. The van der Waals surface area contributed by atoms with Crippen LogP contribution < -0.4 is 16.4 Å². The molecule has 4 N–H and O–H groups in total. The summed E-state index contributed by atoms with van der Waals surface area (Å²) in [5, 5.41) is 7.06. The zero-order valence-electron chi connectivity index (χ0n) is 14.6. The van der Waals surface area contributed by atoms with Crippen LogP contribution in [0.5, 0.6) is 0 Å². The number of hydrogen-bond acceptors (Lipinski definition) is 4. The van der Waals surface area contributed by atoms with Crippen LogP contribution in [0.15, 0.2) is 24.3 Å². The highest BCUT2D eigenvalue weighted by Gasteiger charge is 2.24. The number of carbonyl (C=O) groups excluding carboxylic acids is 2. The number of thiocarbonyl (C=S) groups is 1. The lowest BCUT2D eigenvalue weighted by Crippen LogP contribution is -2.34. The molecular formula is C19H20ClN3O2S2. The molecule has 0 saturated heterocycles. The average Bonchev–Trinajstić information content (AvgIpc) is 2.98. The van der Waals surface area contributed by atoms with Crippen LogP contribution in [0.25, 0.3) is 0 Å². The van der Waals surface area contributed by atoms with Crippen LogP contribution in [-0.2, 0) is 24.1 Å². The first-order valence-electron chi connectivity index (χ1n) is 8.74. The first-order chi connectivity index (χ1) is 13.0. The van der Waals surface area contributed by atoms with Crippen molar-refractivity contribution in [1.29, 1.82) is 0 Å². The maximum absolute atomic E-state index is 12.2. The highest BCUT2D eigenvalue weighted by atomic mass is 35.5. The van der Waals surface area contributed by atoms with Gasteiger partial charge >= 0.3 is 0 Å². The number of aryl methyl sites for hydroxylation is 2. The van der Waals surface area contributed by atoms with E-state index in [9.17, 15) is 9.59 Å². The molecule has 8 heteroatoms. The molecule has 1 heterocycles. The number of hydrogen-bond donors (Lipinski definition) is 3. The fourth-order valence-corrected chi connectivity index (χ4v) is 5.00. The molecule has 0 aliphatic heterocycles. The predicted molar refractivity (Wildman–Crippen MR) is 114 cm³/mol. The molecule has 2 aromatic rings. The Balaban J connectivity index is 1.61. The third-order valence-corrected chi connectivity index (χ3v) is 6.26. The topological polar surface area (TPSA) is 84.2 Å². The van der Waals surface area contributed by atoms with Crippen molar-refractivity contribution in [2.45, 2.75) is 38.5 Å². The van der Waals surface area contributed by atoms with Gasteiger partial charge in [-0.05, 0) is 61.5 Å². The standard InChI is InChI=1S/C19H20ClN3O2S2/c20-13-7-3-1-5-11(13)9-10-15(24)22-19(26)23-18-16(17(21)25)12-6-2-4-8-14(12)27-18/h1,3,5,7H,2,4,6,8-10H2,(H2,21,25)(H2,22,23,24,26). The minimum Gasteiger partial charge on any atom is -0.365 e. The van der Waals surface area contributed by atoms with Gasteiger partial charge in [0.05, 0.1) is 5.56 Å². The molecule has 0 fully saturated rings. The zero-order chi connectivity index (χ0) is 19.4. The van der Waals surface area contributed by atoms with Gasteiger partial charge in [-0.2, -0.15) is 0 Å². The highest BCUT2D eigenvalue weighted by molar-refractivity contribution is 7.80. The number of thiophene rings is 1. The lowest BCUT2D eigenvalue weighted by Gasteiger charge is -2.11. The van der Waals surface area contributed by atoms with Crippen molar-refractivity contribution >= 4 is 57.1 Å². The van der Waals surface area contributed by atoms with Crippen LogP contribution >= 0.6 is 35.2 Å². The van der Waals surface area contributed by atoms with E-state index in [2.05, 4.69) is 10.6 Å². The Morgan fingerprint density at radius 1 is 1.22 bits per heavy atom. The summed E-state index contributed by atoms with van der Waals surface area (Å²) >= 11 is 12.8. The predicted octanol–water partition coefficient (Wildman–Crippen LogP) is 3.83. The number of carbonyl (C=O) groups is 2. The minimum atomic E-state index is -0.468. The zero-order valence-corrected chi connectivity index (χ0v) is 17.0. The van der Waals surface area contributed by atoms with Gasteiger partial charge in [0.25, 0.3) is 5.91 Å². The molecule has 1 aliphatic carbocycles. The molecule has 0 atom stereocenters. The van der Waals surface area contributed by atoms with Crippen molar-refractivity contribution in [3.05, 3.63) is 50.9 Å². The highest BCUT2D eigenvalue weighted by Crippen LogP contribution is 2.37. The number of benzene rings is 1. The number of amides is 2. The van der Waals surface area contributed by atoms with E-state index in [1.807, 2.05) is 18.2 Å². The number of halogens is 1. The number of primary amides is 1. The second-order valence-electron chi connectivity index (χ2n) is 6.37. The molecule has 27 heavy (non-hydrogen) atoms. The molecule has 0 spiro atoms. The number of nitrogens with two attached hydrogens (primary N) is 1. The Bertz CT molecular complexity index is 895. The summed E-state index contributed by atoms with van der Waals surface area (Å²) in [6, 6.07) is 7.42. The molecule has 0 bridgehead atoms. The molecule has 1 aliphatic rings. The van der Waals surface area contributed by atoms with Crippen molar-refractivity contribution in [2.75, 3.05) is 5.32 Å². The van der Waals surface area contributed by atoms with Gasteiger partial charge in [-0.1, -0.05) is 29.8 Å². The van der Waals surface area contributed by atoms with Crippen LogP contribution in [0, 0.1) is 0 Å². The molecule has 0 saturated carbocycles. The average molecular weight is 422 g/mol. The first kappa shape index (κ1) is 19.8. The number of rotatable bonds is 5. The van der Waals surface area contributed by atoms with E-state index in [1.165, 1.54) is 16.2 Å². The van der Waals surface area contributed by atoms with Gasteiger partial charge in [-0.25, -0.2) is 0 Å². The van der Waals surface area contributed by atoms with Crippen LogP contribution in [0.1, 0.15) is 45.6 Å². The third kappa shape index (κ3) is 4.86. The van der Waals surface area contributed by atoms with Crippen molar-refractivity contribution in [3.8, 4) is 0 Å². The van der Waals surface area contributed by atoms with E-state index in [0.717, 1.165) is 36.8 Å². The molecule has 0 unspecified atom stereocenters. The van der Waals surface area contributed by atoms with Gasteiger partial charge in [0.15, 0.2) is 5.11 Å². The number of anilines is 1. The normalized spacial score (nSPS) is 12.9. The van der Waals surface area contributed by atoms with Crippen LogP contribution in [0.4, 0.5) is 5.00 Å². The summed E-state index contributed by atoms with van der Waals surface area (Å²) in [4.78, 5) is 25.2. The van der Waals surface area contributed by atoms with Crippen LogP contribution in [0.3, 0.4) is 0 Å². The molecular weight excluding hydrogens is 402 g/mol. The minimum absolute atomic E-state index is 0.167. The summed E-state index contributed by atoms with van der Waals surface area (Å²) in [6.45, 7) is 0. The Kier molecular flexibility index (Phi) is 6.46. The Morgan fingerprint density at radius 3 is 2.70 bits per heavy atom.